The van der Waals surface area contributed by atoms with Gasteiger partial charge in [-0.3, -0.25) is 9.20 Å². The van der Waals surface area contributed by atoms with Crippen LogP contribution in [0.1, 0.15) is 5.56 Å². The lowest BCUT2D eigenvalue weighted by atomic mass is 10.2. The molecule has 0 bridgehead atoms. The lowest BCUT2D eigenvalue weighted by molar-refractivity contribution is -0.118. The van der Waals surface area contributed by atoms with Gasteiger partial charge in [-0.25, -0.2) is 0 Å². The summed E-state index contributed by atoms with van der Waals surface area (Å²) in [6.07, 6.45) is -15.2. The Morgan fingerprint density at radius 1 is 1.07 bits per heavy atom. The van der Waals surface area contributed by atoms with E-state index in [0.717, 1.165) is 12.1 Å². The fraction of sp³-hybridized carbons (Fsp3) is 0.385. The van der Waals surface area contributed by atoms with Crippen molar-refractivity contribution in [2.75, 3.05) is 17.6 Å². The molecule has 150 valence electrons. The zero-order valence-corrected chi connectivity index (χ0v) is 13.6. The van der Waals surface area contributed by atoms with Crippen LogP contribution in [0.5, 0.6) is 0 Å². The van der Waals surface area contributed by atoms with E-state index in [1.807, 2.05) is 0 Å². The van der Waals surface area contributed by atoms with Crippen molar-refractivity contribution in [1.82, 2.24) is 0 Å². The predicted octanol–water partition coefficient (Wildman–Crippen LogP) is 4.16. The Hall–Kier alpha value is -2.30. The first-order chi connectivity index (χ1) is 12.1. The number of benzene rings is 1. The van der Waals surface area contributed by atoms with Crippen LogP contribution < -0.4 is 5.32 Å². The third-order valence-corrected chi connectivity index (χ3v) is 4.01. The molecule has 0 saturated carbocycles. The monoisotopic (exact) mass is 425 g/mol. The summed E-state index contributed by atoms with van der Waals surface area (Å²) in [5.74, 6) is -3.92. The van der Waals surface area contributed by atoms with Gasteiger partial charge in [0, 0.05) is 5.69 Å². The van der Waals surface area contributed by atoms with E-state index >= 15 is 0 Å². The van der Waals surface area contributed by atoms with Crippen molar-refractivity contribution >= 4 is 22.3 Å². The van der Waals surface area contributed by atoms with E-state index in [0.29, 0.717) is 6.07 Å². The van der Waals surface area contributed by atoms with Gasteiger partial charge in [0.1, 0.15) is 18.4 Å². The second-order valence-corrected chi connectivity index (χ2v) is 6.25. The van der Waals surface area contributed by atoms with E-state index in [1.165, 1.54) is 11.4 Å². The minimum atomic E-state index is -5.33. The Bertz CT molecular complexity index is 775. The number of nitrogens with one attached hydrogen (secondary N) is 1. The zero-order chi connectivity index (χ0) is 21.0. The van der Waals surface area contributed by atoms with E-state index < -0.39 is 63.6 Å². The van der Waals surface area contributed by atoms with Crippen molar-refractivity contribution < 1.29 is 43.7 Å². The predicted molar refractivity (Wildman–Crippen MR) is 76.5 cm³/mol. The summed E-state index contributed by atoms with van der Waals surface area (Å²) in [6, 6.07) is 3.55. The minimum absolute atomic E-state index is 0.496. The normalized spacial score (nSPS) is 14.6. The van der Waals surface area contributed by atoms with E-state index in [2.05, 4.69) is 4.99 Å². The van der Waals surface area contributed by atoms with Crippen LogP contribution in [0.2, 0.25) is 0 Å². The number of nitrogens with zero attached hydrogens (tertiary/aromatic N) is 2. The number of amidine groups is 1. The summed E-state index contributed by atoms with van der Waals surface area (Å²) >= 11 is 0. The zero-order valence-electron chi connectivity index (χ0n) is 12.8. The molecule has 0 saturated heterocycles. The summed E-state index contributed by atoms with van der Waals surface area (Å²) in [7, 11) is -2.82. The molecule has 1 atom stereocenters. The third kappa shape index (κ3) is 7.85. The SMILES string of the molecule is N#Cc1ccc(NC(=NCC(F)(F)F)C(F)(F)F)cc1S(=O)CC(F)(F)F. The Morgan fingerprint density at radius 3 is 2.11 bits per heavy atom. The van der Waals surface area contributed by atoms with Crippen LogP contribution in [-0.2, 0) is 10.8 Å². The second kappa shape index (κ2) is 8.15. The van der Waals surface area contributed by atoms with Gasteiger partial charge in [0.2, 0.25) is 5.84 Å². The van der Waals surface area contributed by atoms with E-state index in [4.69, 9.17) is 5.26 Å². The molecule has 1 aromatic rings. The van der Waals surface area contributed by atoms with Crippen molar-refractivity contribution in [3.8, 4) is 6.07 Å². The molecule has 1 aromatic carbocycles. The van der Waals surface area contributed by atoms with Gasteiger partial charge in [0.15, 0.2) is 0 Å². The summed E-state index contributed by atoms with van der Waals surface area (Å²) in [5.41, 5.74) is -1.14. The van der Waals surface area contributed by atoms with Gasteiger partial charge in [-0.2, -0.15) is 44.8 Å². The lowest BCUT2D eigenvalue weighted by Gasteiger charge is -2.15. The van der Waals surface area contributed by atoms with Gasteiger partial charge in [0.05, 0.1) is 21.3 Å². The molecule has 1 unspecified atom stereocenters. The summed E-state index contributed by atoms with van der Waals surface area (Å²) in [5, 5.41) is 10.3. The van der Waals surface area contributed by atoms with Crippen LogP contribution in [0.15, 0.2) is 28.1 Å². The van der Waals surface area contributed by atoms with E-state index in [1.54, 1.807) is 0 Å². The highest BCUT2D eigenvalue weighted by molar-refractivity contribution is 7.85. The molecule has 14 heteroatoms. The maximum Gasteiger partial charge on any atom is 0.449 e. The number of hydrogen-bond donors (Lipinski definition) is 1. The Labute approximate surface area is 148 Å². The van der Waals surface area contributed by atoms with Crippen LogP contribution in [0, 0.1) is 11.3 Å². The molecule has 0 heterocycles. The van der Waals surface area contributed by atoms with E-state index in [9.17, 15) is 43.7 Å². The number of nitriles is 1. The van der Waals surface area contributed by atoms with Crippen molar-refractivity contribution in [2.45, 2.75) is 23.4 Å². The number of rotatable bonds is 4. The van der Waals surface area contributed by atoms with Gasteiger partial charge in [-0.1, -0.05) is 0 Å². The van der Waals surface area contributed by atoms with Gasteiger partial charge in [-0.05, 0) is 18.2 Å². The molecule has 1 rings (SSSR count). The molecule has 0 aliphatic heterocycles. The first-order valence-corrected chi connectivity index (χ1v) is 7.89. The van der Waals surface area contributed by atoms with Crippen molar-refractivity contribution in [3.63, 3.8) is 0 Å². The highest BCUT2D eigenvalue weighted by Crippen LogP contribution is 2.26. The van der Waals surface area contributed by atoms with Crippen LogP contribution in [0.4, 0.5) is 45.2 Å². The molecule has 27 heavy (non-hydrogen) atoms. The van der Waals surface area contributed by atoms with Crippen LogP contribution >= 0.6 is 0 Å². The van der Waals surface area contributed by atoms with Crippen molar-refractivity contribution in [3.05, 3.63) is 23.8 Å². The number of aliphatic imine (C=N–C) groups is 1. The Morgan fingerprint density at radius 2 is 1.67 bits per heavy atom. The molecular weight excluding hydrogens is 417 g/mol. The fourth-order valence-corrected chi connectivity index (χ4v) is 2.68. The lowest BCUT2D eigenvalue weighted by Crippen LogP contribution is -2.32. The molecular formula is C13H8F9N3OS. The molecule has 0 aliphatic carbocycles. The highest BCUT2D eigenvalue weighted by atomic mass is 32.2. The van der Waals surface area contributed by atoms with Crippen molar-refractivity contribution in [1.29, 1.82) is 5.26 Å². The van der Waals surface area contributed by atoms with Crippen LogP contribution in [0.25, 0.3) is 0 Å². The van der Waals surface area contributed by atoms with Gasteiger partial charge >= 0.3 is 18.5 Å². The third-order valence-electron chi connectivity index (χ3n) is 2.59. The maximum absolute atomic E-state index is 12.8. The summed E-state index contributed by atoms with van der Waals surface area (Å²) in [6.45, 7) is -2.15. The van der Waals surface area contributed by atoms with Crippen molar-refractivity contribution in [2.24, 2.45) is 4.99 Å². The summed E-state index contributed by atoms with van der Waals surface area (Å²) in [4.78, 5) is 1.65. The molecule has 0 aliphatic rings. The average molecular weight is 425 g/mol. The largest absolute Gasteiger partial charge is 0.449 e. The first-order valence-electron chi connectivity index (χ1n) is 6.57. The van der Waals surface area contributed by atoms with Crippen LogP contribution in [-0.4, -0.2) is 40.9 Å². The number of hydrogen-bond acceptors (Lipinski definition) is 3. The van der Waals surface area contributed by atoms with E-state index in [-0.39, 0.29) is 0 Å². The highest BCUT2D eigenvalue weighted by Gasteiger charge is 2.38. The molecule has 1 N–H and O–H groups in total. The molecule has 0 aromatic heterocycles. The second-order valence-electron chi connectivity index (χ2n) is 4.83. The molecule has 0 fully saturated rings. The minimum Gasteiger partial charge on any atom is -0.336 e. The maximum atomic E-state index is 12.8. The quantitative estimate of drug-likeness (QED) is 0.448. The first kappa shape index (κ1) is 22.7. The number of anilines is 1. The van der Waals surface area contributed by atoms with Gasteiger partial charge in [0.25, 0.3) is 0 Å². The van der Waals surface area contributed by atoms with Crippen LogP contribution in [0.3, 0.4) is 0 Å². The molecule has 4 nitrogen and oxygen atoms in total. The standard InChI is InChI=1S/C13H8F9N3OS/c14-11(15,16)5-24-10(13(20,21)22)25-8-2-1-7(4-23)9(3-8)27(26)6-12(17,18)19/h1-3H,5-6H2,(H,24,25). The van der Waals surface area contributed by atoms with Gasteiger partial charge in [-0.15, -0.1) is 0 Å². The smallest absolute Gasteiger partial charge is 0.336 e. The number of halogens is 9. The molecule has 0 amide bonds. The number of alkyl halides is 9. The Balaban J connectivity index is 3.24. The van der Waals surface area contributed by atoms with Gasteiger partial charge < -0.3 is 5.32 Å². The summed E-state index contributed by atoms with van der Waals surface area (Å²) < 4.78 is 123. The Kier molecular flexibility index (Phi) is 6.87. The molecule has 0 spiro atoms. The average Bonchev–Trinajstić information content (AvgIpc) is 2.47. The molecule has 0 radical (unpaired) electrons. The fourth-order valence-electron chi connectivity index (χ4n) is 1.61. The topological polar surface area (TPSA) is 65.2 Å².